The minimum Gasteiger partial charge on any atom is -0.496 e. The Morgan fingerprint density at radius 2 is 2.05 bits per heavy atom. The number of carboxylic acid groups (broad SMARTS) is 1. The van der Waals surface area contributed by atoms with Crippen molar-refractivity contribution in [2.45, 2.75) is 13.5 Å². The lowest BCUT2D eigenvalue weighted by Crippen LogP contribution is -2.05. The van der Waals surface area contributed by atoms with Gasteiger partial charge < -0.3 is 15.2 Å². The van der Waals surface area contributed by atoms with Crippen molar-refractivity contribution in [2.75, 3.05) is 12.4 Å². The van der Waals surface area contributed by atoms with Crippen LogP contribution in [-0.2, 0) is 6.54 Å². The molecule has 0 fully saturated rings. The Balaban J connectivity index is 2.22. The zero-order chi connectivity index (χ0) is 15.4. The van der Waals surface area contributed by atoms with Crippen molar-refractivity contribution in [3.63, 3.8) is 0 Å². The van der Waals surface area contributed by atoms with Crippen LogP contribution in [0.5, 0.6) is 5.75 Å². The maximum atomic E-state index is 11.0. The van der Waals surface area contributed by atoms with Crippen molar-refractivity contribution in [1.82, 2.24) is 0 Å². The molecule has 0 unspecified atom stereocenters. The first-order chi connectivity index (χ1) is 10.0. The van der Waals surface area contributed by atoms with Gasteiger partial charge in [0, 0.05) is 22.3 Å². The average Bonchev–Trinajstić information content (AvgIpc) is 2.46. The number of hydrogen-bond acceptors (Lipinski definition) is 3. The van der Waals surface area contributed by atoms with Gasteiger partial charge in [0.25, 0.3) is 0 Å². The first-order valence-electron chi connectivity index (χ1n) is 6.41. The second-order valence-corrected chi connectivity index (χ2v) is 5.56. The SMILES string of the molecule is COc1ccc(Br)cc1CNc1cc(C(=O)O)ccc1C. The number of benzene rings is 2. The number of aryl methyl sites for hydroxylation is 1. The fraction of sp³-hybridized carbons (Fsp3) is 0.188. The van der Waals surface area contributed by atoms with Crippen LogP contribution in [0.3, 0.4) is 0 Å². The van der Waals surface area contributed by atoms with Crippen molar-refractivity contribution in [2.24, 2.45) is 0 Å². The third-order valence-corrected chi connectivity index (χ3v) is 3.69. The first-order valence-corrected chi connectivity index (χ1v) is 7.21. The number of ether oxygens (including phenoxy) is 1. The summed E-state index contributed by atoms with van der Waals surface area (Å²) in [6.07, 6.45) is 0. The Morgan fingerprint density at radius 1 is 1.29 bits per heavy atom. The van der Waals surface area contributed by atoms with Crippen molar-refractivity contribution >= 4 is 27.6 Å². The van der Waals surface area contributed by atoms with Crippen LogP contribution in [-0.4, -0.2) is 18.2 Å². The fourth-order valence-corrected chi connectivity index (χ4v) is 2.43. The quantitative estimate of drug-likeness (QED) is 0.853. The highest BCUT2D eigenvalue weighted by molar-refractivity contribution is 9.10. The zero-order valence-electron chi connectivity index (χ0n) is 11.8. The average molecular weight is 350 g/mol. The molecule has 0 bridgehead atoms. The first kappa shape index (κ1) is 15.4. The van der Waals surface area contributed by atoms with Crippen LogP contribution in [0.2, 0.25) is 0 Å². The van der Waals surface area contributed by atoms with Gasteiger partial charge in [0.05, 0.1) is 12.7 Å². The van der Waals surface area contributed by atoms with E-state index >= 15 is 0 Å². The number of carbonyl (C=O) groups is 1. The van der Waals surface area contributed by atoms with Crippen LogP contribution in [0.25, 0.3) is 0 Å². The molecule has 0 saturated heterocycles. The van der Waals surface area contributed by atoms with Gasteiger partial charge in [-0.2, -0.15) is 0 Å². The molecule has 2 rings (SSSR count). The van der Waals surface area contributed by atoms with Gasteiger partial charge in [0.15, 0.2) is 0 Å². The van der Waals surface area contributed by atoms with E-state index in [2.05, 4.69) is 21.2 Å². The molecule has 0 saturated carbocycles. The third kappa shape index (κ3) is 3.76. The molecule has 0 aromatic heterocycles. The smallest absolute Gasteiger partial charge is 0.335 e. The third-order valence-electron chi connectivity index (χ3n) is 3.20. The maximum Gasteiger partial charge on any atom is 0.335 e. The van der Waals surface area contributed by atoms with Gasteiger partial charge in [0.1, 0.15) is 5.75 Å². The van der Waals surface area contributed by atoms with E-state index in [9.17, 15) is 4.79 Å². The minimum atomic E-state index is -0.932. The number of carboxylic acids is 1. The number of hydrogen-bond donors (Lipinski definition) is 2. The summed E-state index contributed by atoms with van der Waals surface area (Å²) in [6, 6.07) is 10.8. The topological polar surface area (TPSA) is 58.6 Å². The van der Waals surface area contributed by atoms with E-state index in [0.29, 0.717) is 6.54 Å². The Hall–Kier alpha value is -2.01. The number of aromatic carboxylic acids is 1. The molecule has 4 nitrogen and oxygen atoms in total. The van der Waals surface area contributed by atoms with Crippen molar-refractivity contribution in [3.05, 3.63) is 57.6 Å². The molecule has 0 radical (unpaired) electrons. The van der Waals surface area contributed by atoms with Crippen LogP contribution >= 0.6 is 15.9 Å². The Morgan fingerprint density at radius 3 is 2.71 bits per heavy atom. The molecular formula is C16H16BrNO3. The molecule has 110 valence electrons. The predicted octanol–water partition coefficient (Wildman–Crippen LogP) is 4.08. The van der Waals surface area contributed by atoms with Crippen LogP contribution in [0, 0.1) is 6.92 Å². The summed E-state index contributed by atoms with van der Waals surface area (Å²) in [4.78, 5) is 11.0. The van der Waals surface area contributed by atoms with Crippen molar-refractivity contribution in [3.8, 4) is 5.75 Å². The van der Waals surface area contributed by atoms with Crippen LogP contribution in [0.15, 0.2) is 40.9 Å². The predicted molar refractivity (Wildman–Crippen MR) is 86.2 cm³/mol. The van der Waals surface area contributed by atoms with E-state index in [1.165, 1.54) is 0 Å². The van der Waals surface area contributed by atoms with Gasteiger partial charge in [-0.3, -0.25) is 0 Å². The monoisotopic (exact) mass is 349 g/mol. The number of halogens is 1. The van der Waals surface area contributed by atoms with Crippen molar-refractivity contribution in [1.29, 1.82) is 0 Å². The van der Waals surface area contributed by atoms with Gasteiger partial charge in [-0.15, -0.1) is 0 Å². The molecule has 0 atom stereocenters. The second-order valence-electron chi connectivity index (χ2n) is 4.64. The van der Waals surface area contributed by atoms with Gasteiger partial charge in [-0.25, -0.2) is 4.79 Å². The highest BCUT2D eigenvalue weighted by atomic mass is 79.9. The minimum absolute atomic E-state index is 0.268. The van der Waals surface area contributed by atoms with E-state index in [1.807, 2.05) is 25.1 Å². The molecule has 0 heterocycles. The van der Waals surface area contributed by atoms with Gasteiger partial charge in [0.2, 0.25) is 0 Å². The summed E-state index contributed by atoms with van der Waals surface area (Å²) in [7, 11) is 1.63. The Kier molecular flexibility index (Phi) is 4.85. The molecule has 21 heavy (non-hydrogen) atoms. The van der Waals surface area contributed by atoms with E-state index in [1.54, 1.807) is 25.3 Å². The highest BCUT2D eigenvalue weighted by Gasteiger charge is 2.08. The van der Waals surface area contributed by atoms with Gasteiger partial charge in [-0.1, -0.05) is 22.0 Å². The summed E-state index contributed by atoms with van der Waals surface area (Å²) in [5, 5.41) is 12.3. The molecule has 0 amide bonds. The van der Waals surface area contributed by atoms with Crippen LogP contribution in [0.1, 0.15) is 21.5 Å². The van der Waals surface area contributed by atoms with Gasteiger partial charge >= 0.3 is 5.97 Å². The molecule has 2 N–H and O–H groups in total. The lowest BCUT2D eigenvalue weighted by Gasteiger charge is -2.13. The summed E-state index contributed by atoms with van der Waals surface area (Å²) in [5.41, 5.74) is 3.06. The maximum absolute atomic E-state index is 11.0. The summed E-state index contributed by atoms with van der Waals surface area (Å²) >= 11 is 3.44. The molecule has 0 spiro atoms. The lowest BCUT2D eigenvalue weighted by molar-refractivity contribution is 0.0697. The molecule has 0 aliphatic heterocycles. The largest absolute Gasteiger partial charge is 0.496 e. The molecule has 5 heteroatoms. The molecule has 0 aliphatic rings. The van der Waals surface area contributed by atoms with E-state index in [4.69, 9.17) is 9.84 Å². The zero-order valence-corrected chi connectivity index (χ0v) is 13.4. The number of methoxy groups -OCH3 is 1. The standard InChI is InChI=1S/C16H16BrNO3/c1-10-3-4-11(16(19)20)8-14(10)18-9-12-7-13(17)5-6-15(12)21-2/h3-8,18H,9H2,1-2H3,(H,19,20). The summed E-state index contributed by atoms with van der Waals surface area (Å²) < 4.78 is 6.29. The summed E-state index contributed by atoms with van der Waals surface area (Å²) in [6.45, 7) is 2.48. The molecule has 2 aromatic carbocycles. The molecule has 2 aromatic rings. The van der Waals surface area contributed by atoms with Crippen LogP contribution < -0.4 is 10.1 Å². The van der Waals surface area contributed by atoms with E-state index in [0.717, 1.165) is 27.0 Å². The fourth-order valence-electron chi connectivity index (χ4n) is 2.02. The van der Waals surface area contributed by atoms with E-state index in [-0.39, 0.29) is 5.56 Å². The number of rotatable bonds is 5. The van der Waals surface area contributed by atoms with Crippen molar-refractivity contribution < 1.29 is 14.6 Å². The van der Waals surface area contributed by atoms with Gasteiger partial charge in [-0.05, 0) is 42.8 Å². The number of nitrogens with one attached hydrogen (secondary N) is 1. The summed E-state index contributed by atoms with van der Waals surface area (Å²) in [5.74, 6) is -0.143. The molecule has 0 aliphatic carbocycles. The Labute approximate surface area is 131 Å². The molecular weight excluding hydrogens is 334 g/mol. The second kappa shape index (κ2) is 6.63. The Bertz CT molecular complexity index is 671. The number of anilines is 1. The lowest BCUT2D eigenvalue weighted by atomic mass is 10.1. The van der Waals surface area contributed by atoms with Crippen LogP contribution in [0.4, 0.5) is 5.69 Å². The normalized spacial score (nSPS) is 10.2. The highest BCUT2D eigenvalue weighted by Crippen LogP contribution is 2.25. The van der Waals surface area contributed by atoms with E-state index < -0.39 is 5.97 Å².